The molecule has 0 aromatic heterocycles. The van der Waals surface area contributed by atoms with Gasteiger partial charge in [-0.3, -0.25) is 0 Å². The summed E-state index contributed by atoms with van der Waals surface area (Å²) in [5, 5.41) is 9.49. The molecule has 0 spiro atoms. The first-order valence-electron chi connectivity index (χ1n) is 6.23. The van der Waals surface area contributed by atoms with Gasteiger partial charge in [-0.1, -0.05) is 12.1 Å². The van der Waals surface area contributed by atoms with Crippen molar-refractivity contribution in [2.45, 2.75) is 25.3 Å². The van der Waals surface area contributed by atoms with Crippen molar-refractivity contribution in [2.24, 2.45) is 11.7 Å². The molecule has 0 heterocycles. The quantitative estimate of drug-likeness (QED) is 0.812. The van der Waals surface area contributed by atoms with Crippen LogP contribution in [0.3, 0.4) is 0 Å². The Bertz CT molecular complexity index is 390. The van der Waals surface area contributed by atoms with Crippen molar-refractivity contribution in [1.82, 2.24) is 0 Å². The van der Waals surface area contributed by atoms with Gasteiger partial charge in [-0.25, -0.2) is 0 Å². The molecule has 1 aromatic carbocycles. The van der Waals surface area contributed by atoms with Crippen molar-refractivity contribution in [3.63, 3.8) is 0 Å². The number of anilines is 1. The third kappa shape index (κ3) is 2.79. The van der Waals surface area contributed by atoms with Gasteiger partial charge in [0, 0.05) is 19.3 Å². The van der Waals surface area contributed by atoms with Gasteiger partial charge in [0.15, 0.2) is 0 Å². The fourth-order valence-corrected chi connectivity index (χ4v) is 2.36. The maximum atomic E-state index is 9.49. The summed E-state index contributed by atoms with van der Waals surface area (Å²) in [5.41, 5.74) is 8.25. The second-order valence-electron chi connectivity index (χ2n) is 5.36. The van der Waals surface area contributed by atoms with E-state index in [4.69, 9.17) is 5.73 Å². The first-order chi connectivity index (χ1) is 8.05. The fourth-order valence-electron chi connectivity index (χ4n) is 2.36. The SMILES string of the molecule is Cc1cccc(N(C)CC(N)(CO)C2CC2)c1. The molecule has 1 fully saturated rings. The first-order valence-corrected chi connectivity index (χ1v) is 6.23. The third-order valence-electron chi connectivity index (χ3n) is 3.66. The number of hydrogen-bond acceptors (Lipinski definition) is 3. The van der Waals surface area contributed by atoms with E-state index in [2.05, 4.69) is 36.1 Å². The Morgan fingerprint density at radius 1 is 1.47 bits per heavy atom. The standard InChI is InChI=1S/C14H22N2O/c1-11-4-3-5-13(8-11)16(2)9-14(15,10-17)12-6-7-12/h3-5,8,12,17H,6-7,9-10,15H2,1-2H3. The highest BCUT2D eigenvalue weighted by molar-refractivity contribution is 5.48. The van der Waals surface area contributed by atoms with Gasteiger partial charge in [0.05, 0.1) is 12.1 Å². The van der Waals surface area contributed by atoms with Gasteiger partial charge in [0.2, 0.25) is 0 Å². The normalized spacial score (nSPS) is 18.8. The van der Waals surface area contributed by atoms with Crippen LogP contribution in [0.15, 0.2) is 24.3 Å². The van der Waals surface area contributed by atoms with Crippen molar-refractivity contribution in [3.05, 3.63) is 29.8 Å². The maximum Gasteiger partial charge on any atom is 0.0631 e. The van der Waals surface area contributed by atoms with E-state index in [0.29, 0.717) is 12.5 Å². The molecular formula is C14H22N2O. The summed E-state index contributed by atoms with van der Waals surface area (Å²) in [7, 11) is 2.04. The molecule has 3 N–H and O–H groups in total. The van der Waals surface area contributed by atoms with Gasteiger partial charge in [-0.05, 0) is 43.4 Å². The highest BCUT2D eigenvalue weighted by Gasteiger charge is 2.42. The molecule has 1 aliphatic carbocycles. The van der Waals surface area contributed by atoms with Gasteiger partial charge in [0.1, 0.15) is 0 Å². The van der Waals surface area contributed by atoms with Crippen molar-refractivity contribution >= 4 is 5.69 Å². The Morgan fingerprint density at radius 3 is 2.71 bits per heavy atom. The largest absolute Gasteiger partial charge is 0.394 e. The predicted octanol–water partition coefficient (Wildman–Crippen LogP) is 1.53. The molecule has 1 saturated carbocycles. The van der Waals surface area contributed by atoms with E-state index >= 15 is 0 Å². The van der Waals surface area contributed by atoms with Crippen molar-refractivity contribution in [2.75, 3.05) is 25.1 Å². The number of nitrogens with two attached hydrogens (primary N) is 1. The zero-order chi connectivity index (χ0) is 12.5. The predicted molar refractivity (Wildman–Crippen MR) is 71.2 cm³/mol. The Labute approximate surface area is 103 Å². The number of aryl methyl sites for hydroxylation is 1. The zero-order valence-electron chi connectivity index (χ0n) is 10.7. The molecule has 0 radical (unpaired) electrons. The maximum absolute atomic E-state index is 9.49. The summed E-state index contributed by atoms with van der Waals surface area (Å²) >= 11 is 0. The molecule has 1 unspecified atom stereocenters. The minimum Gasteiger partial charge on any atom is -0.394 e. The molecule has 1 aromatic rings. The second-order valence-corrected chi connectivity index (χ2v) is 5.36. The highest BCUT2D eigenvalue weighted by atomic mass is 16.3. The van der Waals surface area contributed by atoms with Crippen molar-refractivity contribution < 1.29 is 5.11 Å². The molecule has 0 aliphatic heterocycles. The fraction of sp³-hybridized carbons (Fsp3) is 0.571. The zero-order valence-corrected chi connectivity index (χ0v) is 10.7. The van der Waals surface area contributed by atoms with Crippen LogP contribution < -0.4 is 10.6 Å². The van der Waals surface area contributed by atoms with Crippen LogP contribution >= 0.6 is 0 Å². The third-order valence-corrected chi connectivity index (χ3v) is 3.66. The Morgan fingerprint density at radius 2 is 2.18 bits per heavy atom. The minimum absolute atomic E-state index is 0.0633. The summed E-state index contributed by atoms with van der Waals surface area (Å²) < 4.78 is 0. The lowest BCUT2D eigenvalue weighted by Crippen LogP contribution is -2.54. The average Bonchev–Trinajstić information content (AvgIpc) is 3.13. The minimum atomic E-state index is -0.446. The number of aliphatic hydroxyl groups is 1. The number of aliphatic hydroxyl groups excluding tert-OH is 1. The van der Waals surface area contributed by atoms with Crippen LogP contribution in [0.5, 0.6) is 0 Å². The smallest absolute Gasteiger partial charge is 0.0631 e. The lowest BCUT2D eigenvalue weighted by atomic mass is 9.95. The first kappa shape index (κ1) is 12.4. The molecule has 17 heavy (non-hydrogen) atoms. The molecule has 94 valence electrons. The van der Waals surface area contributed by atoms with Crippen LogP contribution in [0.4, 0.5) is 5.69 Å². The van der Waals surface area contributed by atoms with Crippen molar-refractivity contribution in [1.29, 1.82) is 0 Å². The van der Waals surface area contributed by atoms with Gasteiger partial charge < -0.3 is 15.7 Å². The van der Waals surface area contributed by atoms with E-state index < -0.39 is 5.54 Å². The Kier molecular flexibility index (Phi) is 3.40. The summed E-state index contributed by atoms with van der Waals surface area (Å²) in [6.07, 6.45) is 2.30. The highest BCUT2D eigenvalue weighted by Crippen LogP contribution is 2.38. The molecule has 2 rings (SSSR count). The van der Waals surface area contributed by atoms with Crippen LogP contribution in [0.25, 0.3) is 0 Å². The van der Waals surface area contributed by atoms with Crippen LogP contribution in [-0.2, 0) is 0 Å². The number of hydrogen-bond donors (Lipinski definition) is 2. The number of likely N-dealkylation sites (N-methyl/N-ethyl adjacent to an activating group) is 1. The molecule has 0 saturated heterocycles. The molecule has 1 atom stereocenters. The lowest BCUT2D eigenvalue weighted by molar-refractivity contribution is 0.181. The van der Waals surface area contributed by atoms with Crippen LogP contribution in [0, 0.1) is 12.8 Å². The van der Waals surface area contributed by atoms with E-state index in [1.54, 1.807) is 0 Å². The van der Waals surface area contributed by atoms with E-state index in [1.165, 1.54) is 5.56 Å². The van der Waals surface area contributed by atoms with E-state index in [1.807, 2.05) is 7.05 Å². The molecule has 0 amide bonds. The Hall–Kier alpha value is -1.06. The molecular weight excluding hydrogens is 212 g/mol. The molecule has 0 bridgehead atoms. The van der Waals surface area contributed by atoms with Gasteiger partial charge >= 0.3 is 0 Å². The number of benzene rings is 1. The summed E-state index contributed by atoms with van der Waals surface area (Å²) in [6.45, 7) is 2.85. The lowest BCUT2D eigenvalue weighted by Gasteiger charge is -2.33. The van der Waals surface area contributed by atoms with E-state index in [0.717, 1.165) is 18.5 Å². The summed E-state index contributed by atoms with van der Waals surface area (Å²) in [6, 6.07) is 8.36. The van der Waals surface area contributed by atoms with Crippen LogP contribution in [-0.4, -0.2) is 30.8 Å². The summed E-state index contributed by atoms with van der Waals surface area (Å²) in [4.78, 5) is 2.14. The van der Waals surface area contributed by atoms with Crippen molar-refractivity contribution in [3.8, 4) is 0 Å². The molecule has 1 aliphatic rings. The second kappa shape index (κ2) is 4.67. The average molecular weight is 234 g/mol. The van der Waals surface area contributed by atoms with Gasteiger partial charge in [-0.15, -0.1) is 0 Å². The van der Waals surface area contributed by atoms with Crippen LogP contribution in [0.2, 0.25) is 0 Å². The van der Waals surface area contributed by atoms with Gasteiger partial charge in [0.25, 0.3) is 0 Å². The molecule has 3 nitrogen and oxygen atoms in total. The molecule has 3 heteroatoms. The topological polar surface area (TPSA) is 49.5 Å². The van der Waals surface area contributed by atoms with E-state index in [-0.39, 0.29) is 6.61 Å². The monoisotopic (exact) mass is 234 g/mol. The number of rotatable bonds is 5. The summed E-state index contributed by atoms with van der Waals surface area (Å²) in [5.74, 6) is 0.486. The van der Waals surface area contributed by atoms with Gasteiger partial charge in [-0.2, -0.15) is 0 Å². The van der Waals surface area contributed by atoms with E-state index in [9.17, 15) is 5.11 Å². The Balaban J connectivity index is 2.07. The van der Waals surface area contributed by atoms with Crippen LogP contribution in [0.1, 0.15) is 18.4 Å². The number of nitrogens with zero attached hydrogens (tertiary/aromatic N) is 1.